The van der Waals surface area contributed by atoms with E-state index in [-0.39, 0.29) is 16.8 Å². The standard InChI is InChI=1S/C18H29NO2/c1-9-19-13-10-14(17(3,4)5)16(21-12(2)20)15(11-13)18(6,7)8/h10-11,19H,9H2,1-8H3. The van der Waals surface area contributed by atoms with Crippen molar-refractivity contribution in [3.8, 4) is 5.75 Å². The van der Waals surface area contributed by atoms with Gasteiger partial charge in [0.05, 0.1) is 0 Å². The maximum atomic E-state index is 11.5. The van der Waals surface area contributed by atoms with Crippen molar-refractivity contribution in [2.45, 2.75) is 66.2 Å². The van der Waals surface area contributed by atoms with E-state index in [1.807, 2.05) is 0 Å². The zero-order valence-corrected chi connectivity index (χ0v) is 14.7. The van der Waals surface area contributed by atoms with E-state index in [9.17, 15) is 4.79 Å². The Kier molecular flexibility index (Phi) is 5.08. The number of anilines is 1. The van der Waals surface area contributed by atoms with E-state index >= 15 is 0 Å². The highest BCUT2D eigenvalue weighted by molar-refractivity contribution is 5.72. The predicted octanol–water partition coefficient (Wildman–Crippen LogP) is 4.64. The molecule has 0 heterocycles. The van der Waals surface area contributed by atoms with E-state index in [4.69, 9.17) is 4.74 Å². The van der Waals surface area contributed by atoms with Crippen LogP contribution in [0, 0.1) is 0 Å². The normalized spacial score (nSPS) is 12.2. The van der Waals surface area contributed by atoms with E-state index in [0.717, 1.165) is 23.4 Å². The molecule has 0 atom stereocenters. The molecule has 0 saturated heterocycles. The minimum atomic E-state index is -0.276. The summed E-state index contributed by atoms with van der Waals surface area (Å²) in [5.74, 6) is 0.436. The monoisotopic (exact) mass is 291 g/mol. The zero-order chi connectivity index (χ0) is 16.4. The summed E-state index contributed by atoms with van der Waals surface area (Å²) in [6.45, 7) is 17.2. The van der Waals surface area contributed by atoms with Crippen LogP contribution in [0.15, 0.2) is 12.1 Å². The minimum Gasteiger partial charge on any atom is -0.426 e. The molecule has 0 amide bonds. The van der Waals surface area contributed by atoms with Crippen molar-refractivity contribution in [2.75, 3.05) is 11.9 Å². The van der Waals surface area contributed by atoms with Gasteiger partial charge in [0.1, 0.15) is 5.75 Å². The van der Waals surface area contributed by atoms with Crippen LogP contribution in [0.2, 0.25) is 0 Å². The molecule has 0 saturated carbocycles. The Labute approximate surface area is 129 Å². The van der Waals surface area contributed by atoms with Gasteiger partial charge in [0.25, 0.3) is 0 Å². The molecule has 0 aliphatic carbocycles. The second-order valence-corrected chi connectivity index (χ2v) is 7.52. The largest absolute Gasteiger partial charge is 0.426 e. The van der Waals surface area contributed by atoms with Gasteiger partial charge in [-0.05, 0) is 29.9 Å². The van der Waals surface area contributed by atoms with Crippen LogP contribution in [0.3, 0.4) is 0 Å². The van der Waals surface area contributed by atoms with Gasteiger partial charge >= 0.3 is 5.97 Å². The molecular weight excluding hydrogens is 262 g/mol. The summed E-state index contributed by atoms with van der Waals surface area (Å²) < 4.78 is 5.60. The van der Waals surface area contributed by atoms with Crippen LogP contribution in [0.5, 0.6) is 5.75 Å². The van der Waals surface area contributed by atoms with Crippen molar-refractivity contribution < 1.29 is 9.53 Å². The quantitative estimate of drug-likeness (QED) is 0.651. The van der Waals surface area contributed by atoms with Gasteiger partial charge in [0.2, 0.25) is 0 Å². The SMILES string of the molecule is CCNc1cc(C(C)(C)C)c(OC(C)=O)c(C(C)(C)C)c1. The maximum Gasteiger partial charge on any atom is 0.308 e. The van der Waals surface area contributed by atoms with E-state index in [2.05, 4.69) is 65.9 Å². The van der Waals surface area contributed by atoms with Crippen LogP contribution >= 0.6 is 0 Å². The van der Waals surface area contributed by atoms with Crippen molar-refractivity contribution in [3.63, 3.8) is 0 Å². The van der Waals surface area contributed by atoms with Crippen LogP contribution in [0.4, 0.5) is 5.69 Å². The van der Waals surface area contributed by atoms with Gasteiger partial charge in [0, 0.05) is 30.3 Å². The van der Waals surface area contributed by atoms with Gasteiger partial charge in [-0.25, -0.2) is 0 Å². The molecule has 21 heavy (non-hydrogen) atoms. The summed E-state index contributed by atoms with van der Waals surface area (Å²) in [7, 11) is 0. The van der Waals surface area contributed by atoms with Crippen LogP contribution in [0.25, 0.3) is 0 Å². The molecule has 0 fully saturated rings. The van der Waals surface area contributed by atoms with Crippen molar-refractivity contribution >= 4 is 11.7 Å². The van der Waals surface area contributed by atoms with Gasteiger partial charge < -0.3 is 10.1 Å². The Morgan fingerprint density at radius 3 is 1.76 bits per heavy atom. The lowest BCUT2D eigenvalue weighted by molar-refractivity contribution is -0.132. The fourth-order valence-corrected chi connectivity index (χ4v) is 2.30. The van der Waals surface area contributed by atoms with E-state index in [1.165, 1.54) is 6.92 Å². The first-order chi connectivity index (χ1) is 9.46. The van der Waals surface area contributed by atoms with Crippen molar-refractivity contribution in [3.05, 3.63) is 23.3 Å². The van der Waals surface area contributed by atoms with Crippen LogP contribution in [-0.4, -0.2) is 12.5 Å². The predicted molar refractivity (Wildman–Crippen MR) is 89.3 cm³/mol. The zero-order valence-electron chi connectivity index (χ0n) is 14.7. The summed E-state index contributed by atoms with van der Waals surface area (Å²) in [4.78, 5) is 11.5. The lowest BCUT2D eigenvalue weighted by Crippen LogP contribution is -2.21. The summed E-state index contributed by atoms with van der Waals surface area (Å²) >= 11 is 0. The Bertz CT molecular complexity index is 484. The number of rotatable bonds is 3. The molecule has 0 unspecified atom stereocenters. The Morgan fingerprint density at radius 2 is 1.48 bits per heavy atom. The van der Waals surface area contributed by atoms with Gasteiger partial charge in [-0.15, -0.1) is 0 Å². The van der Waals surface area contributed by atoms with E-state index in [0.29, 0.717) is 5.75 Å². The summed E-state index contributed by atoms with van der Waals surface area (Å²) in [5.41, 5.74) is 2.98. The number of carbonyl (C=O) groups excluding carboxylic acids is 1. The molecule has 0 bridgehead atoms. The first-order valence-corrected chi connectivity index (χ1v) is 7.58. The molecule has 3 heteroatoms. The van der Waals surface area contributed by atoms with Crippen molar-refractivity contribution in [1.82, 2.24) is 0 Å². The Hall–Kier alpha value is -1.51. The lowest BCUT2D eigenvalue weighted by atomic mass is 9.79. The third-order valence-corrected chi connectivity index (χ3v) is 3.33. The maximum absolute atomic E-state index is 11.5. The first kappa shape index (κ1) is 17.5. The molecule has 0 aliphatic rings. The number of hydrogen-bond donors (Lipinski definition) is 1. The molecule has 0 spiro atoms. The molecule has 0 radical (unpaired) electrons. The van der Waals surface area contributed by atoms with Crippen molar-refractivity contribution in [1.29, 1.82) is 0 Å². The molecule has 0 aliphatic heterocycles. The summed E-state index contributed by atoms with van der Waals surface area (Å²) in [5, 5.41) is 3.37. The van der Waals surface area contributed by atoms with Gasteiger partial charge in [0.15, 0.2) is 0 Å². The van der Waals surface area contributed by atoms with E-state index in [1.54, 1.807) is 0 Å². The molecule has 1 N–H and O–H groups in total. The van der Waals surface area contributed by atoms with Crippen molar-refractivity contribution in [2.24, 2.45) is 0 Å². The average Bonchev–Trinajstić information content (AvgIpc) is 2.27. The van der Waals surface area contributed by atoms with Crippen LogP contribution < -0.4 is 10.1 Å². The highest BCUT2D eigenvalue weighted by Crippen LogP contribution is 2.42. The smallest absolute Gasteiger partial charge is 0.308 e. The lowest BCUT2D eigenvalue weighted by Gasteiger charge is -2.30. The number of nitrogens with one attached hydrogen (secondary N) is 1. The molecule has 1 aromatic carbocycles. The van der Waals surface area contributed by atoms with Gasteiger partial charge in [-0.2, -0.15) is 0 Å². The Morgan fingerprint density at radius 1 is 1.05 bits per heavy atom. The molecule has 118 valence electrons. The number of esters is 1. The highest BCUT2D eigenvalue weighted by Gasteiger charge is 2.28. The summed E-state index contributed by atoms with van der Waals surface area (Å²) in [6, 6.07) is 4.19. The summed E-state index contributed by atoms with van der Waals surface area (Å²) in [6.07, 6.45) is 0. The Balaban J connectivity index is 3.64. The number of ether oxygens (including phenoxy) is 1. The molecule has 1 rings (SSSR count). The van der Waals surface area contributed by atoms with Crippen LogP contribution in [0.1, 0.15) is 66.5 Å². The number of hydrogen-bond acceptors (Lipinski definition) is 3. The first-order valence-electron chi connectivity index (χ1n) is 7.58. The third kappa shape index (κ3) is 4.48. The van der Waals surface area contributed by atoms with Crippen LogP contribution in [-0.2, 0) is 15.6 Å². The molecule has 3 nitrogen and oxygen atoms in total. The second-order valence-electron chi connectivity index (χ2n) is 7.52. The molecular formula is C18H29NO2. The fourth-order valence-electron chi connectivity index (χ4n) is 2.30. The topological polar surface area (TPSA) is 38.3 Å². The molecule has 1 aromatic rings. The fraction of sp³-hybridized carbons (Fsp3) is 0.611. The third-order valence-electron chi connectivity index (χ3n) is 3.33. The number of carbonyl (C=O) groups is 1. The number of benzene rings is 1. The second kappa shape index (κ2) is 6.08. The van der Waals surface area contributed by atoms with Gasteiger partial charge in [-0.3, -0.25) is 4.79 Å². The highest BCUT2D eigenvalue weighted by atomic mass is 16.5. The average molecular weight is 291 g/mol. The minimum absolute atomic E-state index is 0.101. The van der Waals surface area contributed by atoms with E-state index < -0.39 is 0 Å². The van der Waals surface area contributed by atoms with Gasteiger partial charge in [-0.1, -0.05) is 41.5 Å². The molecule has 0 aromatic heterocycles.